The molecule has 1 unspecified atom stereocenters. The van der Waals surface area contributed by atoms with Crippen LogP contribution in [0.3, 0.4) is 0 Å². The number of carbonyl (C=O) groups is 1. The number of aliphatic carboxylic acids is 1. The summed E-state index contributed by atoms with van der Waals surface area (Å²) < 4.78 is 5.66. The summed E-state index contributed by atoms with van der Waals surface area (Å²) in [5.74, 6) is -0.895. The van der Waals surface area contributed by atoms with Gasteiger partial charge in [0.15, 0.2) is 0 Å². The number of rotatable bonds is 6. The fourth-order valence-corrected chi connectivity index (χ4v) is 2.52. The fraction of sp³-hybridized carbons (Fsp3) is 0.923. The van der Waals surface area contributed by atoms with Gasteiger partial charge in [-0.2, -0.15) is 0 Å². The molecule has 1 fully saturated rings. The molecule has 5 nitrogen and oxygen atoms in total. The van der Waals surface area contributed by atoms with Crippen LogP contribution in [0.5, 0.6) is 0 Å². The zero-order valence-corrected chi connectivity index (χ0v) is 11.7. The molecule has 0 radical (unpaired) electrons. The van der Waals surface area contributed by atoms with Crippen molar-refractivity contribution in [2.24, 2.45) is 5.73 Å². The molecule has 0 aliphatic carbocycles. The zero-order chi connectivity index (χ0) is 13.8. The van der Waals surface area contributed by atoms with Gasteiger partial charge in [0.2, 0.25) is 0 Å². The molecular weight excluding hydrogens is 232 g/mol. The summed E-state index contributed by atoms with van der Waals surface area (Å²) in [4.78, 5) is 13.4. The summed E-state index contributed by atoms with van der Waals surface area (Å²) in [7, 11) is 0. The molecule has 1 heterocycles. The van der Waals surface area contributed by atoms with E-state index in [0.717, 1.165) is 26.1 Å². The van der Waals surface area contributed by atoms with Crippen LogP contribution >= 0.6 is 0 Å². The molecule has 1 rings (SSSR count). The number of hydrogen-bond donors (Lipinski definition) is 2. The quantitative estimate of drug-likeness (QED) is 0.745. The Morgan fingerprint density at radius 1 is 1.44 bits per heavy atom. The predicted molar refractivity (Wildman–Crippen MR) is 70.5 cm³/mol. The summed E-state index contributed by atoms with van der Waals surface area (Å²) in [5, 5.41) is 9.09. The van der Waals surface area contributed by atoms with Crippen LogP contribution in [0.25, 0.3) is 0 Å². The van der Waals surface area contributed by atoms with E-state index in [-0.39, 0.29) is 12.2 Å². The van der Waals surface area contributed by atoms with Gasteiger partial charge in [0.05, 0.1) is 12.2 Å². The van der Waals surface area contributed by atoms with Crippen molar-refractivity contribution in [2.45, 2.75) is 57.8 Å². The highest BCUT2D eigenvalue weighted by Crippen LogP contribution is 2.17. The van der Waals surface area contributed by atoms with Crippen molar-refractivity contribution in [3.8, 4) is 0 Å². The second kappa shape index (κ2) is 6.50. The Kier molecular flexibility index (Phi) is 5.56. The van der Waals surface area contributed by atoms with E-state index in [4.69, 9.17) is 15.6 Å². The molecule has 3 N–H and O–H groups in total. The van der Waals surface area contributed by atoms with Gasteiger partial charge in [0.25, 0.3) is 0 Å². The fourth-order valence-electron chi connectivity index (χ4n) is 2.52. The van der Waals surface area contributed by atoms with Gasteiger partial charge < -0.3 is 15.6 Å². The van der Waals surface area contributed by atoms with E-state index in [1.54, 1.807) is 0 Å². The highest BCUT2D eigenvalue weighted by molar-refractivity contribution is 5.78. The first-order chi connectivity index (χ1) is 8.37. The van der Waals surface area contributed by atoms with E-state index in [2.05, 4.69) is 18.7 Å². The maximum Gasteiger partial charge on any atom is 0.323 e. The Hall–Kier alpha value is -0.650. The molecule has 1 aliphatic heterocycles. The van der Waals surface area contributed by atoms with Crippen LogP contribution in [0.15, 0.2) is 0 Å². The Balaban J connectivity index is 2.35. The average molecular weight is 258 g/mol. The summed E-state index contributed by atoms with van der Waals surface area (Å²) in [5.41, 5.74) is 4.80. The lowest BCUT2D eigenvalue weighted by atomic mass is 9.91. The van der Waals surface area contributed by atoms with Gasteiger partial charge in [-0.1, -0.05) is 6.92 Å². The zero-order valence-electron chi connectivity index (χ0n) is 11.7. The first-order valence-electron chi connectivity index (χ1n) is 6.77. The van der Waals surface area contributed by atoms with Crippen molar-refractivity contribution in [1.29, 1.82) is 0 Å². The van der Waals surface area contributed by atoms with Crippen molar-refractivity contribution in [3.63, 3.8) is 0 Å². The number of nitrogens with zero attached hydrogens (tertiary/aromatic N) is 1. The van der Waals surface area contributed by atoms with Gasteiger partial charge in [-0.15, -0.1) is 0 Å². The highest BCUT2D eigenvalue weighted by atomic mass is 16.5. The van der Waals surface area contributed by atoms with Crippen molar-refractivity contribution in [1.82, 2.24) is 4.90 Å². The Morgan fingerprint density at radius 2 is 2.00 bits per heavy atom. The number of hydrogen-bond acceptors (Lipinski definition) is 4. The maximum absolute atomic E-state index is 11.1. The van der Waals surface area contributed by atoms with Crippen molar-refractivity contribution < 1.29 is 14.6 Å². The SMILES string of the molecule is CCC(N)(CCCN1C[C@@H](C)O[C@@H](C)C1)C(=O)O. The lowest BCUT2D eigenvalue weighted by Crippen LogP contribution is -2.49. The predicted octanol–water partition coefficient (Wildman–Crippen LogP) is 1.07. The molecule has 18 heavy (non-hydrogen) atoms. The monoisotopic (exact) mass is 258 g/mol. The largest absolute Gasteiger partial charge is 0.480 e. The van der Waals surface area contributed by atoms with Crippen molar-refractivity contribution in [3.05, 3.63) is 0 Å². The molecule has 0 saturated carbocycles. The third kappa shape index (κ3) is 4.23. The van der Waals surface area contributed by atoms with Gasteiger partial charge in [0.1, 0.15) is 5.54 Å². The number of carboxylic acid groups (broad SMARTS) is 1. The molecule has 5 heteroatoms. The van der Waals surface area contributed by atoms with Gasteiger partial charge in [-0.05, 0) is 39.7 Å². The minimum Gasteiger partial charge on any atom is -0.480 e. The van der Waals surface area contributed by atoms with Crippen LogP contribution in [0, 0.1) is 0 Å². The minimum absolute atomic E-state index is 0.252. The van der Waals surface area contributed by atoms with E-state index in [1.807, 2.05) is 6.92 Å². The van der Waals surface area contributed by atoms with Crippen LogP contribution in [0.2, 0.25) is 0 Å². The summed E-state index contributed by atoms with van der Waals surface area (Å²) in [6, 6.07) is 0. The number of morpholine rings is 1. The summed E-state index contributed by atoms with van der Waals surface area (Å²) in [6.07, 6.45) is 2.32. The molecular formula is C13H26N2O3. The third-order valence-electron chi connectivity index (χ3n) is 3.65. The molecule has 0 bridgehead atoms. The molecule has 0 aromatic rings. The van der Waals surface area contributed by atoms with E-state index in [9.17, 15) is 4.79 Å². The second-order valence-electron chi connectivity index (χ2n) is 5.44. The molecule has 106 valence electrons. The van der Waals surface area contributed by atoms with Gasteiger partial charge in [0, 0.05) is 13.1 Å². The topological polar surface area (TPSA) is 75.8 Å². The average Bonchev–Trinajstić information content (AvgIpc) is 2.27. The highest BCUT2D eigenvalue weighted by Gasteiger charge is 2.31. The van der Waals surface area contributed by atoms with Crippen molar-refractivity contribution >= 4 is 5.97 Å². The van der Waals surface area contributed by atoms with Crippen LogP contribution in [0.4, 0.5) is 0 Å². The number of ether oxygens (including phenoxy) is 1. The van der Waals surface area contributed by atoms with Gasteiger partial charge in [-0.25, -0.2) is 0 Å². The van der Waals surface area contributed by atoms with E-state index >= 15 is 0 Å². The molecule has 1 saturated heterocycles. The summed E-state index contributed by atoms with van der Waals surface area (Å²) in [6.45, 7) is 8.69. The lowest BCUT2D eigenvalue weighted by molar-refractivity contribution is -0.143. The third-order valence-corrected chi connectivity index (χ3v) is 3.65. The normalized spacial score (nSPS) is 28.9. The second-order valence-corrected chi connectivity index (χ2v) is 5.44. The smallest absolute Gasteiger partial charge is 0.323 e. The Labute approximate surface area is 109 Å². The Bertz CT molecular complexity index is 275. The van der Waals surface area contributed by atoms with Crippen LogP contribution in [-0.4, -0.2) is 53.4 Å². The minimum atomic E-state index is -1.07. The standard InChI is InChI=1S/C13H26N2O3/c1-4-13(14,12(16)17)6-5-7-15-8-10(2)18-11(3)9-15/h10-11H,4-9,14H2,1-3H3,(H,16,17)/t10-,11+,13?. The van der Waals surface area contributed by atoms with Crippen LogP contribution in [-0.2, 0) is 9.53 Å². The van der Waals surface area contributed by atoms with Crippen LogP contribution < -0.4 is 5.73 Å². The first-order valence-corrected chi connectivity index (χ1v) is 6.77. The molecule has 0 aromatic carbocycles. The molecule has 1 aliphatic rings. The van der Waals surface area contributed by atoms with E-state index < -0.39 is 11.5 Å². The number of carboxylic acids is 1. The summed E-state index contributed by atoms with van der Waals surface area (Å²) >= 11 is 0. The Morgan fingerprint density at radius 3 is 2.44 bits per heavy atom. The maximum atomic E-state index is 11.1. The van der Waals surface area contributed by atoms with Gasteiger partial charge >= 0.3 is 5.97 Å². The van der Waals surface area contributed by atoms with Crippen molar-refractivity contribution in [2.75, 3.05) is 19.6 Å². The van der Waals surface area contributed by atoms with Gasteiger partial charge in [-0.3, -0.25) is 9.69 Å². The first kappa shape index (κ1) is 15.4. The number of nitrogens with two attached hydrogens (primary N) is 1. The molecule has 0 aromatic heterocycles. The van der Waals surface area contributed by atoms with E-state index in [1.165, 1.54) is 0 Å². The molecule has 3 atom stereocenters. The molecule has 0 spiro atoms. The van der Waals surface area contributed by atoms with E-state index in [0.29, 0.717) is 12.8 Å². The lowest BCUT2D eigenvalue weighted by Gasteiger charge is -2.35. The van der Waals surface area contributed by atoms with Crippen LogP contribution in [0.1, 0.15) is 40.0 Å². The molecule has 0 amide bonds.